The molecule has 0 radical (unpaired) electrons. The maximum Gasteiger partial charge on any atom is 0.0944 e. The Morgan fingerprint density at radius 2 is 2.08 bits per heavy atom. The van der Waals surface area contributed by atoms with Crippen LogP contribution in [0.1, 0.15) is 11.6 Å². The molecule has 1 aliphatic rings. The summed E-state index contributed by atoms with van der Waals surface area (Å²) in [4.78, 5) is 4.33. The van der Waals surface area contributed by atoms with Crippen molar-refractivity contribution in [3.8, 4) is 0 Å². The number of nitrogens with zero attached hydrogens (tertiary/aromatic N) is 1. The van der Waals surface area contributed by atoms with Crippen LogP contribution in [-0.2, 0) is 0 Å². The first-order valence-electron chi connectivity index (χ1n) is 3.82. The van der Waals surface area contributed by atoms with Crippen LogP contribution in [0.3, 0.4) is 0 Å². The van der Waals surface area contributed by atoms with E-state index in [0.717, 1.165) is 0 Å². The fraction of sp³-hybridized carbons (Fsp3) is 0.100. The Bertz CT molecular complexity index is 329. The SMILES string of the molecule is Ic1ccccc1C1C=CC=N1. The van der Waals surface area contributed by atoms with Gasteiger partial charge in [-0.15, -0.1) is 0 Å². The molecule has 0 aliphatic carbocycles. The molecule has 0 aromatic heterocycles. The third kappa shape index (κ3) is 1.43. The van der Waals surface area contributed by atoms with E-state index < -0.39 is 0 Å². The summed E-state index contributed by atoms with van der Waals surface area (Å²) in [5, 5.41) is 0. The highest BCUT2D eigenvalue weighted by Crippen LogP contribution is 2.25. The van der Waals surface area contributed by atoms with Gasteiger partial charge in [0.2, 0.25) is 0 Å². The zero-order chi connectivity index (χ0) is 8.39. The van der Waals surface area contributed by atoms with Crippen molar-refractivity contribution in [1.29, 1.82) is 0 Å². The molecule has 2 heteroatoms. The molecule has 1 heterocycles. The molecule has 0 saturated heterocycles. The van der Waals surface area contributed by atoms with Crippen LogP contribution < -0.4 is 0 Å². The minimum Gasteiger partial charge on any atom is -0.281 e. The molecule has 0 N–H and O–H groups in total. The van der Waals surface area contributed by atoms with Crippen molar-refractivity contribution < 1.29 is 0 Å². The molecular weight excluding hydrogens is 261 g/mol. The van der Waals surface area contributed by atoms with Crippen LogP contribution in [0.4, 0.5) is 0 Å². The zero-order valence-corrected chi connectivity index (χ0v) is 8.60. The Labute approximate surface area is 85.4 Å². The predicted molar refractivity (Wildman–Crippen MR) is 59.5 cm³/mol. The standard InChI is InChI=1S/C10H8IN/c11-9-5-2-1-4-8(9)10-6-3-7-12-10/h1-7,10H. The van der Waals surface area contributed by atoms with E-state index >= 15 is 0 Å². The van der Waals surface area contributed by atoms with Crippen molar-refractivity contribution in [2.24, 2.45) is 4.99 Å². The summed E-state index contributed by atoms with van der Waals surface area (Å²) >= 11 is 2.34. The highest BCUT2D eigenvalue weighted by molar-refractivity contribution is 14.1. The molecule has 1 unspecified atom stereocenters. The minimum atomic E-state index is 0.248. The van der Waals surface area contributed by atoms with E-state index in [0.29, 0.717) is 0 Å². The topological polar surface area (TPSA) is 12.4 Å². The molecule has 0 fully saturated rings. The van der Waals surface area contributed by atoms with Crippen LogP contribution in [0.15, 0.2) is 41.4 Å². The van der Waals surface area contributed by atoms with Gasteiger partial charge < -0.3 is 0 Å². The molecule has 1 aromatic carbocycles. The lowest BCUT2D eigenvalue weighted by Crippen LogP contribution is -1.91. The summed E-state index contributed by atoms with van der Waals surface area (Å²) in [5.41, 5.74) is 1.29. The molecule has 1 aromatic rings. The van der Waals surface area contributed by atoms with Gasteiger partial charge in [-0.25, -0.2) is 0 Å². The molecule has 0 bridgehead atoms. The first-order chi connectivity index (χ1) is 5.88. The van der Waals surface area contributed by atoms with E-state index in [1.54, 1.807) is 0 Å². The van der Waals surface area contributed by atoms with Crippen molar-refractivity contribution in [3.05, 3.63) is 45.6 Å². The number of aliphatic imine (C=N–C) groups is 1. The Morgan fingerprint density at radius 3 is 2.75 bits per heavy atom. The van der Waals surface area contributed by atoms with Crippen molar-refractivity contribution in [3.63, 3.8) is 0 Å². The van der Waals surface area contributed by atoms with E-state index in [1.807, 2.05) is 18.4 Å². The Kier molecular flexibility index (Phi) is 2.26. The molecule has 60 valence electrons. The van der Waals surface area contributed by atoms with E-state index in [1.165, 1.54) is 9.13 Å². The molecule has 2 rings (SSSR count). The van der Waals surface area contributed by atoms with Gasteiger partial charge in [-0.3, -0.25) is 4.99 Å². The predicted octanol–water partition coefficient (Wildman–Crippen LogP) is 2.97. The normalized spacial score (nSPS) is 20.2. The number of benzene rings is 1. The maximum absolute atomic E-state index is 4.33. The lowest BCUT2D eigenvalue weighted by molar-refractivity contribution is 0.928. The van der Waals surface area contributed by atoms with Crippen LogP contribution >= 0.6 is 22.6 Å². The fourth-order valence-corrected chi connectivity index (χ4v) is 1.95. The molecule has 1 nitrogen and oxygen atoms in total. The van der Waals surface area contributed by atoms with Crippen LogP contribution in [-0.4, -0.2) is 6.21 Å². The van der Waals surface area contributed by atoms with Crippen molar-refractivity contribution in [2.45, 2.75) is 6.04 Å². The molecular formula is C10H8IN. The van der Waals surface area contributed by atoms with Crippen molar-refractivity contribution in [1.82, 2.24) is 0 Å². The first-order valence-corrected chi connectivity index (χ1v) is 4.90. The second-order valence-electron chi connectivity index (χ2n) is 2.65. The summed E-state index contributed by atoms with van der Waals surface area (Å²) < 4.78 is 1.28. The summed E-state index contributed by atoms with van der Waals surface area (Å²) in [7, 11) is 0. The lowest BCUT2D eigenvalue weighted by Gasteiger charge is -2.06. The smallest absolute Gasteiger partial charge is 0.0944 e. The highest BCUT2D eigenvalue weighted by atomic mass is 127. The molecule has 0 saturated carbocycles. The van der Waals surface area contributed by atoms with E-state index in [4.69, 9.17) is 0 Å². The molecule has 1 atom stereocenters. The minimum absolute atomic E-state index is 0.248. The van der Waals surface area contributed by atoms with Crippen LogP contribution in [0.5, 0.6) is 0 Å². The summed E-state index contributed by atoms with van der Waals surface area (Å²) in [6, 6.07) is 8.59. The van der Waals surface area contributed by atoms with Crippen LogP contribution in [0, 0.1) is 3.57 Å². The van der Waals surface area contributed by atoms with Crippen LogP contribution in [0.2, 0.25) is 0 Å². The second-order valence-corrected chi connectivity index (χ2v) is 3.81. The third-order valence-electron chi connectivity index (χ3n) is 1.85. The van der Waals surface area contributed by atoms with Gasteiger partial charge in [0.1, 0.15) is 0 Å². The Balaban J connectivity index is 2.39. The van der Waals surface area contributed by atoms with Gasteiger partial charge in [0, 0.05) is 9.78 Å². The highest BCUT2D eigenvalue weighted by Gasteiger charge is 2.10. The number of hydrogen-bond donors (Lipinski definition) is 0. The monoisotopic (exact) mass is 269 g/mol. The van der Waals surface area contributed by atoms with Gasteiger partial charge in [0.25, 0.3) is 0 Å². The third-order valence-corrected chi connectivity index (χ3v) is 2.83. The Hall–Kier alpha value is -0.640. The molecule has 12 heavy (non-hydrogen) atoms. The van der Waals surface area contributed by atoms with Crippen LogP contribution in [0.25, 0.3) is 0 Å². The van der Waals surface area contributed by atoms with Gasteiger partial charge in [-0.2, -0.15) is 0 Å². The average molecular weight is 269 g/mol. The van der Waals surface area contributed by atoms with Crippen molar-refractivity contribution >= 4 is 28.8 Å². The largest absolute Gasteiger partial charge is 0.281 e. The fourth-order valence-electron chi connectivity index (χ4n) is 1.25. The molecule has 0 spiro atoms. The number of allylic oxidation sites excluding steroid dienone is 1. The van der Waals surface area contributed by atoms with E-state index in [2.05, 4.69) is 51.9 Å². The second kappa shape index (κ2) is 3.39. The first kappa shape index (κ1) is 7.98. The summed E-state index contributed by atoms with van der Waals surface area (Å²) in [6.45, 7) is 0. The lowest BCUT2D eigenvalue weighted by atomic mass is 10.1. The number of hydrogen-bond acceptors (Lipinski definition) is 1. The number of rotatable bonds is 1. The van der Waals surface area contributed by atoms with E-state index in [-0.39, 0.29) is 6.04 Å². The molecule has 0 amide bonds. The maximum atomic E-state index is 4.33. The Morgan fingerprint density at radius 1 is 1.25 bits per heavy atom. The summed E-state index contributed by atoms with van der Waals surface area (Å²) in [6.07, 6.45) is 5.96. The molecule has 1 aliphatic heterocycles. The quantitative estimate of drug-likeness (QED) is 0.695. The zero-order valence-electron chi connectivity index (χ0n) is 6.44. The van der Waals surface area contributed by atoms with Crippen molar-refractivity contribution in [2.75, 3.05) is 0 Å². The van der Waals surface area contributed by atoms with Gasteiger partial charge in [-0.05, 0) is 40.3 Å². The average Bonchev–Trinajstić information content (AvgIpc) is 2.57. The number of halogens is 1. The van der Waals surface area contributed by atoms with E-state index in [9.17, 15) is 0 Å². The van der Waals surface area contributed by atoms with Gasteiger partial charge in [0.05, 0.1) is 6.04 Å². The summed E-state index contributed by atoms with van der Waals surface area (Å²) in [5.74, 6) is 0. The van der Waals surface area contributed by atoms with Gasteiger partial charge in [-0.1, -0.05) is 24.3 Å². The van der Waals surface area contributed by atoms with Gasteiger partial charge in [0.15, 0.2) is 0 Å². The van der Waals surface area contributed by atoms with Gasteiger partial charge >= 0.3 is 0 Å².